The summed E-state index contributed by atoms with van der Waals surface area (Å²) in [6, 6.07) is 8.60. The summed E-state index contributed by atoms with van der Waals surface area (Å²) in [6.45, 7) is 3.78. The van der Waals surface area contributed by atoms with E-state index in [1.165, 1.54) is 18.6 Å². The van der Waals surface area contributed by atoms with Crippen LogP contribution in [0.5, 0.6) is 0 Å². The van der Waals surface area contributed by atoms with Crippen molar-refractivity contribution >= 4 is 24.5 Å². The smallest absolute Gasteiger partial charge is 0.548 e. The van der Waals surface area contributed by atoms with Gasteiger partial charge < -0.3 is 24.3 Å². The second-order valence-corrected chi connectivity index (χ2v) is 10.7. The average Bonchev–Trinajstić information content (AvgIpc) is 2.89. The second kappa shape index (κ2) is 11.4. The maximum absolute atomic E-state index is 13.9. The molecule has 0 bridgehead atoms. The van der Waals surface area contributed by atoms with Crippen LogP contribution in [-0.2, 0) is 25.3 Å². The molecule has 11 heteroatoms. The Morgan fingerprint density at radius 1 is 1.14 bits per heavy atom. The molecule has 3 heterocycles. The largest absolute Gasteiger partial charge is 0.614 e. The number of carbonyl (C=O) groups is 3. The van der Waals surface area contributed by atoms with Gasteiger partial charge in [-0.1, -0.05) is 50.6 Å². The molecule has 2 aromatic rings. The fourth-order valence-electron chi connectivity index (χ4n) is 5.55. The van der Waals surface area contributed by atoms with E-state index < -0.39 is 24.6 Å². The van der Waals surface area contributed by atoms with Crippen molar-refractivity contribution in [3.8, 4) is 0 Å². The van der Waals surface area contributed by atoms with Gasteiger partial charge in [0.2, 0.25) is 5.91 Å². The predicted molar refractivity (Wildman–Crippen MR) is 138 cm³/mol. The Morgan fingerprint density at radius 3 is 2.62 bits per heavy atom. The van der Waals surface area contributed by atoms with Crippen molar-refractivity contribution in [3.05, 3.63) is 60.2 Å². The third-order valence-electron chi connectivity index (χ3n) is 7.43. The summed E-state index contributed by atoms with van der Waals surface area (Å²) in [5.74, 6) is -1.52. The number of amides is 2. The topological polar surface area (TPSA) is 120 Å². The van der Waals surface area contributed by atoms with Crippen LogP contribution in [0.1, 0.15) is 49.2 Å². The predicted octanol–water partition coefficient (Wildman–Crippen LogP) is 1.64. The Hall–Kier alpha value is -3.31. The minimum atomic E-state index is -2.19. The van der Waals surface area contributed by atoms with E-state index in [2.05, 4.69) is 34.4 Å². The molecule has 4 atom stereocenters. The summed E-state index contributed by atoms with van der Waals surface area (Å²) < 4.78 is 12.8. The van der Waals surface area contributed by atoms with Crippen LogP contribution in [0.2, 0.25) is 0 Å². The summed E-state index contributed by atoms with van der Waals surface area (Å²) in [5, 5.41) is 5.98. The summed E-state index contributed by atoms with van der Waals surface area (Å²) in [7, 11) is 2.04. The molecular formula is C26H36BN5O5. The molecule has 198 valence electrons. The van der Waals surface area contributed by atoms with Gasteiger partial charge in [-0.05, 0) is 11.5 Å². The fraction of sp³-hybridized carbons (Fsp3) is 0.500. The molecule has 2 fully saturated rings. The van der Waals surface area contributed by atoms with E-state index in [1.807, 2.05) is 37.4 Å². The van der Waals surface area contributed by atoms with Gasteiger partial charge in [0.1, 0.15) is 11.7 Å². The second-order valence-electron chi connectivity index (χ2n) is 10.7. The first-order chi connectivity index (χ1) is 17.7. The maximum Gasteiger partial charge on any atom is 0.548 e. The van der Waals surface area contributed by atoms with Crippen molar-refractivity contribution < 1.29 is 28.1 Å². The van der Waals surface area contributed by atoms with Gasteiger partial charge in [-0.2, -0.15) is 0 Å². The molecule has 2 aliphatic rings. The zero-order valence-corrected chi connectivity index (χ0v) is 21.8. The van der Waals surface area contributed by atoms with Crippen LogP contribution in [0.25, 0.3) is 0 Å². The van der Waals surface area contributed by atoms with Crippen molar-refractivity contribution in [2.45, 2.75) is 51.5 Å². The van der Waals surface area contributed by atoms with Gasteiger partial charge in [-0.25, -0.2) is 4.98 Å². The van der Waals surface area contributed by atoms with Gasteiger partial charge in [0.05, 0.1) is 19.2 Å². The lowest BCUT2D eigenvalue weighted by Crippen LogP contribution is -2.83. The molecule has 0 radical (unpaired) electrons. The molecule has 0 spiro atoms. The van der Waals surface area contributed by atoms with Crippen LogP contribution < -0.4 is 10.6 Å². The van der Waals surface area contributed by atoms with Crippen molar-refractivity contribution in [3.63, 3.8) is 0 Å². The summed E-state index contributed by atoms with van der Waals surface area (Å²) in [5.41, 5.74) is 1.01. The van der Waals surface area contributed by atoms with Gasteiger partial charge in [0.15, 0.2) is 0 Å². The first kappa shape index (κ1) is 26.7. The van der Waals surface area contributed by atoms with Crippen molar-refractivity contribution in [1.29, 1.82) is 0 Å². The Kier molecular flexibility index (Phi) is 8.24. The monoisotopic (exact) mass is 509 g/mol. The Bertz CT molecular complexity index is 1110. The molecule has 1 aromatic heterocycles. The van der Waals surface area contributed by atoms with Gasteiger partial charge in [-0.15, -0.1) is 0 Å². The summed E-state index contributed by atoms with van der Waals surface area (Å²) in [4.78, 5) is 47.4. The first-order valence-electron chi connectivity index (χ1n) is 13.0. The quantitative estimate of drug-likeness (QED) is 0.494. The lowest BCUT2D eigenvalue weighted by molar-refractivity contribution is -0.839. The van der Waals surface area contributed by atoms with E-state index >= 15 is 0 Å². The molecule has 1 aromatic carbocycles. The molecule has 2 unspecified atom stereocenters. The van der Waals surface area contributed by atoms with Crippen LogP contribution >= 0.6 is 0 Å². The van der Waals surface area contributed by atoms with Gasteiger partial charge in [0, 0.05) is 51.4 Å². The third kappa shape index (κ3) is 5.99. The fourth-order valence-corrected chi connectivity index (χ4v) is 5.55. The number of quaternary nitrogens is 1. The zero-order valence-electron chi connectivity index (χ0n) is 21.8. The molecule has 2 amide bonds. The highest BCUT2D eigenvalue weighted by atomic mass is 16.7. The van der Waals surface area contributed by atoms with E-state index in [9.17, 15) is 14.4 Å². The number of hydrogen-bond acceptors (Lipinski definition) is 7. The van der Waals surface area contributed by atoms with E-state index in [0.29, 0.717) is 30.4 Å². The molecule has 37 heavy (non-hydrogen) atoms. The highest BCUT2D eigenvalue weighted by molar-refractivity contribution is 6.64. The number of rotatable bonds is 9. The van der Waals surface area contributed by atoms with Crippen molar-refractivity contribution in [2.75, 3.05) is 26.7 Å². The van der Waals surface area contributed by atoms with Crippen LogP contribution in [0.3, 0.4) is 0 Å². The summed E-state index contributed by atoms with van der Waals surface area (Å²) >= 11 is 0. The van der Waals surface area contributed by atoms with Gasteiger partial charge in [0.25, 0.3) is 11.9 Å². The van der Waals surface area contributed by atoms with Crippen LogP contribution in [0.4, 0.5) is 0 Å². The highest BCUT2D eigenvalue weighted by Crippen LogP contribution is 2.36. The number of aromatic nitrogens is 2. The lowest BCUT2D eigenvalue weighted by atomic mass is 9.54. The standard InChI is InChI=1S/C26H36BN5O5/c1-19(2)16-23(27-32(3,13-7-15-36-27)14-10-24(33)37-27)31-25(34)21(17-20-8-5-4-6-9-20)30-26(35)22-18-28-11-12-29-22/h4-6,8-9,11-12,18-19,21,23H,7,10,13-17H2,1-3H3,(H,30,35)(H,31,34)/t21-,23-,27?,32?/m0/s1. The molecule has 0 aliphatic carbocycles. The number of benzene rings is 1. The van der Waals surface area contributed by atoms with Crippen LogP contribution in [-0.4, -0.2) is 77.6 Å². The lowest BCUT2D eigenvalue weighted by Gasteiger charge is -2.63. The van der Waals surface area contributed by atoms with E-state index in [0.717, 1.165) is 18.5 Å². The van der Waals surface area contributed by atoms with E-state index in [4.69, 9.17) is 9.31 Å². The summed E-state index contributed by atoms with van der Waals surface area (Å²) in [6.07, 6.45) is 6.27. The molecule has 2 N–H and O–H groups in total. The maximum atomic E-state index is 13.9. The van der Waals surface area contributed by atoms with Crippen LogP contribution in [0.15, 0.2) is 48.9 Å². The van der Waals surface area contributed by atoms with Gasteiger partial charge >= 0.3 is 6.69 Å². The molecule has 2 saturated heterocycles. The molecule has 2 aliphatic heterocycles. The Labute approximate surface area is 217 Å². The SMILES string of the molecule is CC(C)C[C@H](NC(=O)[C@H](Cc1ccccc1)NC(=O)c1cnccn1)[B-]12OCCC[N+]1(C)CCC(=O)O2. The average molecular weight is 509 g/mol. The van der Waals surface area contributed by atoms with Crippen LogP contribution in [0, 0.1) is 5.92 Å². The first-order valence-corrected chi connectivity index (χ1v) is 13.0. The Morgan fingerprint density at radius 2 is 1.92 bits per heavy atom. The molecular weight excluding hydrogens is 473 g/mol. The zero-order chi connectivity index (χ0) is 26.5. The Balaban J connectivity index is 1.63. The number of nitrogens with zero attached hydrogens (tertiary/aromatic N) is 3. The van der Waals surface area contributed by atoms with Crippen molar-refractivity contribution in [2.24, 2.45) is 5.92 Å². The van der Waals surface area contributed by atoms with Crippen molar-refractivity contribution in [1.82, 2.24) is 20.6 Å². The number of fused-ring (bicyclic) bond motifs is 1. The molecule has 0 saturated carbocycles. The molecule has 10 nitrogen and oxygen atoms in total. The minimum absolute atomic E-state index is 0.121. The molecule has 4 rings (SSSR count). The minimum Gasteiger partial charge on any atom is -0.614 e. The highest BCUT2D eigenvalue weighted by Gasteiger charge is 2.61. The van der Waals surface area contributed by atoms with E-state index in [-0.39, 0.29) is 29.9 Å². The third-order valence-corrected chi connectivity index (χ3v) is 7.43. The normalized spacial score (nSPS) is 24.9. The number of nitrogens with one attached hydrogen (secondary N) is 2. The van der Waals surface area contributed by atoms with Gasteiger partial charge in [-0.3, -0.25) is 19.4 Å². The van der Waals surface area contributed by atoms with E-state index in [1.54, 1.807) is 0 Å². The number of hydrogen-bond donors (Lipinski definition) is 2. The number of carbonyl (C=O) groups excluding carboxylic acids is 3.